The van der Waals surface area contributed by atoms with Crippen LogP contribution in [0.2, 0.25) is 0 Å². The lowest BCUT2D eigenvalue weighted by Gasteiger charge is -2.12. The largest absolute Gasteiger partial charge is 0.347 e. The molecule has 0 unspecified atom stereocenters. The molecule has 0 N–H and O–H groups in total. The molecule has 0 atom stereocenters. The molecule has 2 heteroatoms. The van der Waals surface area contributed by atoms with Crippen molar-refractivity contribution in [1.29, 1.82) is 0 Å². The van der Waals surface area contributed by atoms with Crippen LogP contribution in [0.25, 0.3) is 5.57 Å². The van der Waals surface area contributed by atoms with Crippen LogP contribution in [0.5, 0.6) is 0 Å². The fourth-order valence-corrected chi connectivity index (χ4v) is 2.92. The Balaban J connectivity index is 2.03. The Kier molecular flexibility index (Phi) is 3.75. The predicted octanol–water partition coefficient (Wildman–Crippen LogP) is 3.43. The minimum Gasteiger partial charge on any atom is -0.347 e. The standard InChI is InChI=1S/C18H22N2/c1-19(2)12-5-9-17-16-8-4-3-7-15(16)11-14-20-13-6-10-18(17)20/h3-4,6-10,13H,5,11-12,14H2,1-2H3/b17-9-. The molecular formula is C18H22N2. The molecule has 1 aromatic carbocycles. The van der Waals surface area contributed by atoms with Crippen molar-refractivity contribution in [2.75, 3.05) is 20.6 Å². The second-order valence-corrected chi connectivity index (χ2v) is 5.70. The van der Waals surface area contributed by atoms with E-state index in [2.05, 4.69) is 72.2 Å². The van der Waals surface area contributed by atoms with Crippen LogP contribution in [-0.2, 0) is 13.0 Å². The Morgan fingerprint density at radius 3 is 2.85 bits per heavy atom. The van der Waals surface area contributed by atoms with Crippen LogP contribution in [0.15, 0.2) is 48.7 Å². The molecule has 104 valence electrons. The average molecular weight is 266 g/mol. The van der Waals surface area contributed by atoms with E-state index in [-0.39, 0.29) is 0 Å². The van der Waals surface area contributed by atoms with Gasteiger partial charge >= 0.3 is 0 Å². The van der Waals surface area contributed by atoms with Crippen LogP contribution < -0.4 is 0 Å². The normalized spacial score (nSPS) is 16.1. The molecule has 2 nitrogen and oxygen atoms in total. The molecule has 1 aliphatic rings. The first kappa shape index (κ1) is 13.2. The molecule has 1 aromatic heterocycles. The van der Waals surface area contributed by atoms with Gasteiger partial charge in [0.05, 0.1) is 0 Å². The van der Waals surface area contributed by atoms with Crippen LogP contribution in [0, 0.1) is 0 Å². The highest BCUT2D eigenvalue weighted by molar-refractivity contribution is 5.80. The summed E-state index contributed by atoms with van der Waals surface area (Å²) in [6.07, 6.45) is 6.79. The molecule has 0 radical (unpaired) electrons. The Morgan fingerprint density at radius 2 is 2.00 bits per heavy atom. The summed E-state index contributed by atoms with van der Waals surface area (Å²) in [4.78, 5) is 2.23. The smallest absolute Gasteiger partial charge is 0.0483 e. The Bertz CT molecular complexity index is 620. The van der Waals surface area contributed by atoms with E-state index in [1.54, 1.807) is 0 Å². The van der Waals surface area contributed by atoms with Gasteiger partial charge in [-0.1, -0.05) is 30.3 Å². The number of hydrogen-bond donors (Lipinski definition) is 0. The number of nitrogens with zero attached hydrogens (tertiary/aromatic N) is 2. The van der Waals surface area contributed by atoms with Crippen molar-refractivity contribution in [3.63, 3.8) is 0 Å². The molecule has 20 heavy (non-hydrogen) atoms. The molecule has 3 rings (SSSR count). The molecule has 0 spiro atoms. The highest BCUT2D eigenvalue weighted by Crippen LogP contribution is 2.30. The molecule has 2 aromatic rings. The average Bonchev–Trinajstić information content (AvgIpc) is 2.84. The van der Waals surface area contributed by atoms with Crippen LogP contribution >= 0.6 is 0 Å². The zero-order valence-corrected chi connectivity index (χ0v) is 12.3. The summed E-state index contributed by atoms with van der Waals surface area (Å²) < 4.78 is 2.38. The summed E-state index contributed by atoms with van der Waals surface area (Å²) in [6.45, 7) is 2.16. The summed E-state index contributed by atoms with van der Waals surface area (Å²) in [5, 5.41) is 0. The maximum absolute atomic E-state index is 2.40. The van der Waals surface area contributed by atoms with E-state index >= 15 is 0 Å². The zero-order chi connectivity index (χ0) is 13.9. The molecule has 1 aliphatic heterocycles. The molecule has 0 fully saturated rings. The van der Waals surface area contributed by atoms with Crippen LogP contribution in [0.1, 0.15) is 23.2 Å². The number of rotatable bonds is 3. The fraction of sp³-hybridized carbons (Fsp3) is 0.333. The summed E-state index contributed by atoms with van der Waals surface area (Å²) in [7, 11) is 4.25. The first-order chi connectivity index (χ1) is 9.75. The van der Waals surface area contributed by atoms with Crippen LogP contribution in [-0.4, -0.2) is 30.1 Å². The third-order valence-electron chi connectivity index (χ3n) is 3.96. The van der Waals surface area contributed by atoms with Gasteiger partial charge in [-0.3, -0.25) is 0 Å². The van der Waals surface area contributed by atoms with Gasteiger partial charge in [0.2, 0.25) is 0 Å². The van der Waals surface area contributed by atoms with E-state index in [4.69, 9.17) is 0 Å². The first-order valence-electron chi connectivity index (χ1n) is 7.34. The maximum atomic E-state index is 2.40. The van der Waals surface area contributed by atoms with Crippen molar-refractivity contribution >= 4 is 5.57 Å². The SMILES string of the molecule is CN(C)CC/C=C1/c2ccccc2CCn2cccc21. The molecule has 0 saturated carbocycles. The van der Waals surface area contributed by atoms with Gasteiger partial charge in [0.25, 0.3) is 0 Å². The molecule has 0 amide bonds. The number of benzene rings is 1. The monoisotopic (exact) mass is 266 g/mol. The van der Waals surface area contributed by atoms with Gasteiger partial charge < -0.3 is 9.47 Å². The highest BCUT2D eigenvalue weighted by Gasteiger charge is 2.16. The van der Waals surface area contributed by atoms with Gasteiger partial charge in [-0.15, -0.1) is 0 Å². The molecule has 2 heterocycles. The van der Waals surface area contributed by atoms with Crippen molar-refractivity contribution < 1.29 is 0 Å². The van der Waals surface area contributed by atoms with Gasteiger partial charge in [0, 0.05) is 30.6 Å². The Labute approximate surface area is 121 Å². The fourth-order valence-electron chi connectivity index (χ4n) is 2.92. The summed E-state index contributed by atoms with van der Waals surface area (Å²) in [6, 6.07) is 13.2. The van der Waals surface area contributed by atoms with E-state index in [1.807, 2.05) is 0 Å². The maximum Gasteiger partial charge on any atom is 0.0483 e. The molecule has 0 aliphatic carbocycles. The van der Waals surface area contributed by atoms with E-state index in [1.165, 1.54) is 22.4 Å². The van der Waals surface area contributed by atoms with Crippen LogP contribution in [0.4, 0.5) is 0 Å². The molecule has 0 bridgehead atoms. The lowest BCUT2D eigenvalue weighted by Crippen LogP contribution is -2.12. The zero-order valence-electron chi connectivity index (χ0n) is 12.3. The third-order valence-corrected chi connectivity index (χ3v) is 3.96. The van der Waals surface area contributed by atoms with Crippen molar-refractivity contribution in [2.24, 2.45) is 0 Å². The van der Waals surface area contributed by atoms with Crippen molar-refractivity contribution in [2.45, 2.75) is 19.4 Å². The first-order valence-corrected chi connectivity index (χ1v) is 7.34. The second kappa shape index (κ2) is 5.68. The van der Waals surface area contributed by atoms with Gasteiger partial charge in [-0.25, -0.2) is 0 Å². The topological polar surface area (TPSA) is 8.17 Å². The highest BCUT2D eigenvalue weighted by atomic mass is 15.0. The van der Waals surface area contributed by atoms with E-state index in [9.17, 15) is 0 Å². The minimum absolute atomic E-state index is 1.07. The second-order valence-electron chi connectivity index (χ2n) is 5.70. The lowest BCUT2D eigenvalue weighted by atomic mass is 9.96. The number of aromatic nitrogens is 1. The number of hydrogen-bond acceptors (Lipinski definition) is 1. The number of aryl methyl sites for hydroxylation is 2. The minimum atomic E-state index is 1.07. The van der Waals surface area contributed by atoms with Gasteiger partial charge in [0.15, 0.2) is 0 Å². The quantitative estimate of drug-likeness (QED) is 0.826. The van der Waals surface area contributed by atoms with E-state index in [0.717, 1.165) is 25.9 Å². The van der Waals surface area contributed by atoms with E-state index in [0.29, 0.717) is 0 Å². The van der Waals surface area contributed by atoms with Crippen molar-refractivity contribution in [1.82, 2.24) is 9.47 Å². The van der Waals surface area contributed by atoms with Crippen molar-refractivity contribution in [3.8, 4) is 0 Å². The predicted molar refractivity (Wildman–Crippen MR) is 84.8 cm³/mol. The molecule has 0 saturated heterocycles. The summed E-state index contributed by atoms with van der Waals surface area (Å²) >= 11 is 0. The van der Waals surface area contributed by atoms with Gasteiger partial charge in [0.1, 0.15) is 0 Å². The van der Waals surface area contributed by atoms with Gasteiger partial charge in [-0.05, 0) is 50.2 Å². The molecular weight excluding hydrogens is 244 g/mol. The van der Waals surface area contributed by atoms with E-state index < -0.39 is 0 Å². The Morgan fingerprint density at radius 1 is 1.15 bits per heavy atom. The van der Waals surface area contributed by atoms with Crippen LogP contribution in [0.3, 0.4) is 0 Å². The van der Waals surface area contributed by atoms with Gasteiger partial charge in [-0.2, -0.15) is 0 Å². The third kappa shape index (κ3) is 2.56. The summed E-state index contributed by atoms with van der Waals surface area (Å²) in [5.41, 5.74) is 5.62. The van der Waals surface area contributed by atoms with Crippen molar-refractivity contribution in [3.05, 3.63) is 65.5 Å². The lowest BCUT2D eigenvalue weighted by molar-refractivity contribution is 0.417. The summed E-state index contributed by atoms with van der Waals surface area (Å²) in [5.74, 6) is 0. The number of fused-ring (bicyclic) bond motifs is 2. The Hall–Kier alpha value is -1.80.